The van der Waals surface area contributed by atoms with Crippen molar-refractivity contribution in [3.63, 3.8) is 0 Å². The number of thioether (sulfide) groups is 1. The Kier molecular flexibility index (Phi) is 8.56. The normalized spacial score (nSPS) is 10.7. The van der Waals surface area contributed by atoms with Gasteiger partial charge in [-0.25, -0.2) is 4.79 Å². The molecule has 0 bridgehead atoms. The first kappa shape index (κ1) is 25.4. The zero-order valence-corrected chi connectivity index (χ0v) is 22.4. The Hall–Kier alpha value is -2.72. The number of nitrogens with one attached hydrogen (secondary N) is 2. The molecule has 7 nitrogen and oxygen atoms in total. The maximum absolute atomic E-state index is 12.5. The summed E-state index contributed by atoms with van der Waals surface area (Å²) in [5, 5.41) is 15.9. The fourth-order valence-corrected chi connectivity index (χ4v) is 4.89. The summed E-state index contributed by atoms with van der Waals surface area (Å²) in [6.45, 7) is 0.120. The number of hydrogen-bond acceptors (Lipinski definition) is 5. The molecule has 0 aliphatic rings. The van der Waals surface area contributed by atoms with E-state index in [0.717, 1.165) is 15.8 Å². The van der Waals surface area contributed by atoms with Crippen molar-refractivity contribution >= 4 is 62.6 Å². The average Bonchev–Trinajstić information content (AvgIpc) is 3.25. The topological polar surface area (TPSA) is 81.1 Å². The lowest BCUT2D eigenvalue weighted by molar-refractivity contribution is 0.251. The zero-order chi connectivity index (χ0) is 24.8. The van der Waals surface area contributed by atoms with E-state index < -0.39 is 0 Å². The van der Waals surface area contributed by atoms with E-state index in [2.05, 4.69) is 36.8 Å². The van der Waals surface area contributed by atoms with Crippen LogP contribution in [0.5, 0.6) is 5.75 Å². The van der Waals surface area contributed by atoms with Gasteiger partial charge in [-0.1, -0.05) is 69.1 Å². The van der Waals surface area contributed by atoms with Crippen LogP contribution in [0.25, 0.3) is 5.69 Å². The fraction of sp³-hybridized carbons (Fsp3) is 0.125. The number of carbonyl (C=O) groups excluding carboxylic acids is 1. The van der Waals surface area contributed by atoms with E-state index in [9.17, 15) is 4.79 Å². The van der Waals surface area contributed by atoms with Gasteiger partial charge in [-0.3, -0.25) is 4.57 Å². The number of benzene rings is 3. The van der Waals surface area contributed by atoms with E-state index in [1.807, 2.05) is 36.4 Å². The third kappa shape index (κ3) is 6.70. The van der Waals surface area contributed by atoms with Gasteiger partial charge in [0.25, 0.3) is 0 Å². The minimum Gasteiger partial charge on any atom is -0.497 e. The van der Waals surface area contributed by atoms with E-state index in [4.69, 9.17) is 27.9 Å². The van der Waals surface area contributed by atoms with Crippen molar-refractivity contribution in [2.24, 2.45) is 0 Å². The summed E-state index contributed by atoms with van der Waals surface area (Å²) in [6.07, 6.45) is 0. The van der Waals surface area contributed by atoms with Gasteiger partial charge in [-0.05, 0) is 54.1 Å². The van der Waals surface area contributed by atoms with Crippen molar-refractivity contribution in [1.29, 1.82) is 0 Å². The van der Waals surface area contributed by atoms with Gasteiger partial charge in [0.1, 0.15) is 5.75 Å². The summed E-state index contributed by atoms with van der Waals surface area (Å²) < 4.78 is 7.98. The van der Waals surface area contributed by atoms with Gasteiger partial charge < -0.3 is 15.4 Å². The smallest absolute Gasteiger partial charge is 0.319 e. The molecular formula is C24H20BrCl2N5O2S. The number of ether oxygens (including phenoxy) is 1. The molecule has 0 saturated carbocycles. The third-order valence-corrected chi connectivity index (χ3v) is 6.89. The Morgan fingerprint density at radius 3 is 2.71 bits per heavy atom. The fourth-order valence-electron chi connectivity index (χ4n) is 3.22. The van der Waals surface area contributed by atoms with Gasteiger partial charge >= 0.3 is 6.03 Å². The molecule has 35 heavy (non-hydrogen) atoms. The minimum atomic E-state index is -0.375. The Bertz CT molecular complexity index is 1350. The van der Waals surface area contributed by atoms with Crippen LogP contribution < -0.4 is 15.4 Å². The molecular weight excluding hydrogens is 573 g/mol. The molecule has 11 heteroatoms. The van der Waals surface area contributed by atoms with E-state index in [0.29, 0.717) is 38.2 Å². The number of carbonyl (C=O) groups is 1. The molecule has 0 spiro atoms. The summed E-state index contributed by atoms with van der Waals surface area (Å²) in [6, 6.07) is 19.9. The van der Waals surface area contributed by atoms with Gasteiger partial charge in [0.2, 0.25) is 0 Å². The van der Waals surface area contributed by atoms with E-state index in [1.54, 1.807) is 42.0 Å². The second-order valence-corrected chi connectivity index (χ2v) is 9.99. The van der Waals surface area contributed by atoms with Crippen LogP contribution in [-0.4, -0.2) is 27.9 Å². The highest BCUT2D eigenvalue weighted by Crippen LogP contribution is 2.31. The number of aromatic nitrogens is 3. The lowest BCUT2D eigenvalue weighted by atomic mass is 10.2. The van der Waals surface area contributed by atoms with Crippen LogP contribution in [0.4, 0.5) is 10.5 Å². The number of halogens is 3. The number of anilines is 1. The van der Waals surface area contributed by atoms with Crippen molar-refractivity contribution in [1.82, 2.24) is 20.1 Å². The van der Waals surface area contributed by atoms with E-state index in [1.165, 1.54) is 11.8 Å². The molecule has 0 aliphatic carbocycles. The van der Waals surface area contributed by atoms with Crippen LogP contribution in [0, 0.1) is 0 Å². The summed E-state index contributed by atoms with van der Waals surface area (Å²) in [7, 11) is 1.63. The lowest BCUT2D eigenvalue weighted by Crippen LogP contribution is -2.29. The molecule has 0 saturated heterocycles. The van der Waals surface area contributed by atoms with Crippen molar-refractivity contribution < 1.29 is 9.53 Å². The van der Waals surface area contributed by atoms with E-state index in [-0.39, 0.29) is 12.6 Å². The number of rotatable bonds is 8. The molecule has 0 aliphatic heterocycles. The summed E-state index contributed by atoms with van der Waals surface area (Å²) in [4.78, 5) is 12.5. The molecule has 0 atom stereocenters. The van der Waals surface area contributed by atoms with Crippen molar-refractivity contribution in [3.05, 3.63) is 92.6 Å². The van der Waals surface area contributed by atoms with Gasteiger partial charge in [0.15, 0.2) is 11.0 Å². The Labute approximate surface area is 225 Å². The summed E-state index contributed by atoms with van der Waals surface area (Å²) in [5.74, 6) is 1.92. The van der Waals surface area contributed by atoms with Crippen molar-refractivity contribution in [2.45, 2.75) is 17.5 Å². The first-order valence-electron chi connectivity index (χ1n) is 10.4. The molecule has 3 aromatic carbocycles. The predicted octanol–water partition coefficient (Wildman–Crippen LogP) is 6.96. The molecule has 2 amide bonds. The molecule has 4 rings (SSSR count). The number of urea groups is 1. The number of nitrogens with zero attached hydrogens (tertiary/aromatic N) is 3. The monoisotopic (exact) mass is 591 g/mol. The Morgan fingerprint density at radius 2 is 1.91 bits per heavy atom. The van der Waals surface area contributed by atoms with Gasteiger partial charge in [-0.2, -0.15) is 0 Å². The molecule has 0 radical (unpaired) electrons. The number of amides is 2. The maximum Gasteiger partial charge on any atom is 0.319 e. The predicted molar refractivity (Wildman–Crippen MR) is 144 cm³/mol. The largest absolute Gasteiger partial charge is 0.497 e. The van der Waals surface area contributed by atoms with E-state index >= 15 is 0 Å². The third-order valence-electron chi connectivity index (χ3n) is 4.84. The van der Waals surface area contributed by atoms with Crippen molar-refractivity contribution in [3.8, 4) is 11.4 Å². The molecule has 0 unspecified atom stereocenters. The summed E-state index contributed by atoms with van der Waals surface area (Å²) in [5.41, 5.74) is 2.35. The van der Waals surface area contributed by atoms with Crippen LogP contribution >= 0.6 is 50.9 Å². The second-order valence-electron chi connectivity index (χ2n) is 7.29. The molecule has 180 valence electrons. The average molecular weight is 593 g/mol. The summed E-state index contributed by atoms with van der Waals surface area (Å²) >= 11 is 17.6. The number of methoxy groups -OCH3 is 1. The lowest BCUT2D eigenvalue weighted by Gasteiger charge is -2.13. The number of hydrogen-bond donors (Lipinski definition) is 2. The van der Waals surface area contributed by atoms with Gasteiger partial charge in [0, 0.05) is 20.9 Å². The van der Waals surface area contributed by atoms with Crippen LogP contribution in [0.1, 0.15) is 11.4 Å². The minimum absolute atomic E-state index is 0.120. The van der Waals surface area contributed by atoms with Crippen LogP contribution in [0.3, 0.4) is 0 Å². The standard InChI is InChI=1S/C24H20BrCl2N5O2S/c1-34-19-7-2-4-15(10-19)14-35-24-31-30-22(32(24)21-12-17(26)8-9-20(21)27)13-28-23(33)29-18-6-3-5-16(25)11-18/h2-12H,13-14H2,1H3,(H2,28,29,33). The maximum atomic E-state index is 12.5. The quantitative estimate of drug-likeness (QED) is 0.216. The first-order chi connectivity index (χ1) is 16.9. The molecule has 1 aromatic heterocycles. The highest BCUT2D eigenvalue weighted by Gasteiger charge is 2.18. The van der Waals surface area contributed by atoms with Crippen LogP contribution in [0.15, 0.2) is 76.4 Å². The highest BCUT2D eigenvalue weighted by molar-refractivity contribution is 9.10. The highest BCUT2D eigenvalue weighted by atomic mass is 79.9. The molecule has 2 N–H and O–H groups in total. The van der Waals surface area contributed by atoms with Crippen LogP contribution in [0.2, 0.25) is 10.0 Å². The van der Waals surface area contributed by atoms with Crippen molar-refractivity contribution in [2.75, 3.05) is 12.4 Å². The molecule has 0 fully saturated rings. The molecule has 1 heterocycles. The Morgan fingerprint density at radius 1 is 1.09 bits per heavy atom. The zero-order valence-electron chi connectivity index (χ0n) is 18.5. The molecule has 4 aromatic rings. The van der Waals surface area contributed by atoms with Gasteiger partial charge in [0.05, 0.1) is 24.4 Å². The first-order valence-corrected chi connectivity index (χ1v) is 12.9. The van der Waals surface area contributed by atoms with Crippen LogP contribution in [-0.2, 0) is 12.3 Å². The van der Waals surface area contributed by atoms with Gasteiger partial charge in [-0.15, -0.1) is 10.2 Å². The Balaban J connectivity index is 1.56. The SMILES string of the molecule is COc1cccc(CSc2nnc(CNC(=O)Nc3cccc(Br)c3)n2-c2cc(Cl)ccc2Cl)c1. The second kappa shape index (κ2) is 11.8.